The van der Waals surface area contributed by atoms with Gasteiger partial charge in [-0.1, -0.05) is 34.6 Å². The second-order valence-corrected chi connectivity index (χ2v) is 20.4. The number of piperidine rings is 1. The molecule has 14 atom stereocenters. The Morgan fingerprint density at radius 1 is 0.960 bits per heavy atom. The molecule has 8 rings (SSSR count). The molecule has 3 heterocycles. The van der Waals surface area contributed by atoms with Crippen LogP contribution in [0.15, 0.2) is 0 Å². The molecule has 0 aromatic rings. The Morgan fingerprint density at radius 3 is 2.34 bits per heavy atom. The van der Waals surface area contributed by atoms with E-state index in [1.165, 1.54) is 12.8 Å². The van der Waals surface area contributed by atoms with Gasteiger partial charge in [-0.3, -0.25) is 4.79 Å². The molecule has 9 nitrogen and oxygen atoms in total. The summed E-state index contributed by atoms with van der Waals surface area (Å²) in [6.07, 6.45) is 7.96. The number of amides is 1. The van der Waals surface area contributed by atoms with Crippen LogP contribution >= 0.6 is 0 Å². The van der Waals surface area contributed by atoms with Crippen LogP contribution < -0.4 is 0 Å². The summed E-state index contributed by atoms with van der Waals surface area (Å²) in [6, 6.07) is 0. The number of carbonyl (C=O) groups excluding carboxylic acids is 1. The highest BCUT2D eigenvalue weighted by molar-refractivity contribution is 5.79. The molecule has 1 amide bonds. The second kappa shape index (κ2) is 11.8. The molecule has 9 heteroatoms. The Labute approximate surface area is 301 Å². The van der Waals surface area contributed by atoms with Crippen molar-refractivity contribution in [3.63, 3.8) is 0 Å². The fraction of sp³-hybridized carbons (Fsp3) is 0.976. The summed E-state index contributed by atoms with van der Waals surface area (Å²) in [6.45, 7) is 19.0. The monoisotopic (exact) mass is 701 g/mol. The first-order valence-corrected chi connectivity index (χ1v) is 20.4. The minimum absolute atomic E-state index is 0.0155. The lowest BCUT2D eigenvalue weighted by Gasteiger charge is -2.64. The Balaban J connectivity index is 0.982. The first-order chi connectivity index (χ1) is 23.4. The minimum Gasteiger partial charge on any atom is -0.390 e. The molecular formula is C41H68N2O7. The van der Waals surface area contributed by atoms with Crippen molar-refractivity contribution in [1.29, 1.82) is 0 Å². The SMILES string of the molecule is C[C@@H]1CC(C(O)C(C)(C)O)OC2[C@H]1C1(C)CCC34CC35CCC(O[C@H]3CN(C(=O)C6CCN(C)CC6)CCO3)C(C)(C)[C@@H]5CCC4[C@]1(C)[C@H]2O. The number of ether oxygens (including phenoxy) is 3. The molecule has 3 saturated heterocycles. The van der Waals surface area contributed by atoms with E-state index in [0.29, 0.717) is 43.9 Å². The normalized spacial score (nSPS) is 51.1. The summed E-state index contributed by atoms with van der Waals surface area (Å²) in [7, 11) is 2.14. The molecule has 3 N–H and O–H groups in total. The standard InChI is InChI=1S/C41H68N2O7/c1-24-21-26(33(44)37(4,5)47)49-32-31(24)38(6)15-16-41-23-40(41)14-11-29(36(2,3)27(40)9-10-28(41)39(38,7)34(32)45)50-30-22-43(19-20-48-30)35(46)25-12-17-42(8)18-13-25/h24-34,44-45,47H,9-23H2,1-8H3/t24-,26?,27+,28?,29?,30+,31+,32?,33?,34+,38?,39-,40?,41?/m1/s1. The van der Waals surface area contributed by atoms with Crippen LogP contribution in [0.2, 0.25) is 0 Å². The van der Waals surface area contributed by atoms with E-state index in [1.807, 2.05) is 4.90 Å². The molecule has 0 aromatic carbocycles. The van der Waals surface area contributed by atoms with E-state index in [4.69, 9.17) is 14.2 Å². The van der Waals surface area contributed by atoms with E-state index in [-0.39, 0.29) is 63.3 Å². The van der Waals surface area contributed by atoms with Gasteiger partial charge in [0, 0.05) is 17.9 Å². The first-order valence-electron chi connectivity index (χ1n) is 20.4. The van der Waals surface area contributed by atoms with Crippen LogP contribution in [0.1, 0.15) is 113 Å². The fourth-order valence-electron chi connectivity index (χ4n) is 14.8. The van der Waals surface area contributed by atoms with Gasteiger partial charge in [-0.15, -0.1) is 0 Å². The quantitative estimate of drug-likeness (QED) is 0.374. The van der Waals surface area contributed by atoms with E-state index in [0.717, 1.165) is 58.0 Å². The number of hydrogen-bond donors (Lipinski definition) is 3. The second-order valence-electron chi connectivity index (χ2n) is 20.4. The van der Waals surface area contributed by atoms with Crippen molar-refractivity contribution >= 4 is 5.91 Å². The summed E-state index contributed by atoms with van der Waals surface area (Å²) in [4.78, 5) is 17.8. The topological polar surface area (TPSA) is 112 Å². The summed E-state index contributed by atoms with van der Waals surface area (Å²) in [5.74, 6) is 1.92. The van der Waals surface area contributed by atoms with Gasteiger partial charge in [-0.2, -0.15) is 0 Å². The Morgan fingerprint density at radius 2 is 1.64 bits per heavy atom. The number of aliphatic hydroxyl groups excluding tert-OH is 2. The number of rotatable bonds is 5. The number of morpholine rings is 1. The zero-order chi connectivity index (χ0) is 35.8. The molecule has 5 saturated carbocycles. The van der Waals surface area contributed by atoms with Gasteiger partial charge < -0.3 is 39.3 Å². The zero-order valence-electron chi connectivity index (χ0n) is 32.3. The predicted molar refractivity (Wildman–Crippen MR) is 190 cm³/mol. The van der Waals surface area contributed by atoms with E-state index in [2.05, 4.69) is 46.6 Å². The third kappa shape index (κ3) is 4.91. The van der Waals surface area contributed by atoms with Gasteiger partial charge in [0.05, 0.1) is 43.2 Å². The molecule has 50 heavy (non-hydrogen) atoms. The molecule has 3 aliphatic heterocycles. The van der Waals surface area contributed by atoms with Crippen LogP contribution in [-0.4, -0.2) is 113 Å². The van der Waals surface area contributed by atoms with Gasteiger partial charge >= 0.3 is 0 Å². The highest BCUT2D eigenvalue weighted by Crippen LogP contribution is 2.89. The van der Waals surface area contributed by atoms with E-state index < -0.39 is 23.9 Å². The van der Waals surface area contributed by atoms with Crippen molar-refractivity contribution in [2.45, 2.75) is 155 Å². The van der Waals surface area contributed by atoms with Crippen LogP contribution in [0.4, 0.5) is 0 Å². The molecule has 284 valence electrons. The molecule has 0 bridgehead atoms. The van der Waals surface area contributed by atoms with Gasteiger partial charge in [0.25, 0.3) is 0 Å². The molecule has 8 aliphatic rings. The van der Waals surface area contributed by atoms with Gasteiger partial charge in [-0.05, 0) is 144 Å². The molecule has 5 aliphatic carbocycles. The summed E-state index contributed by atoms with van der Waals surface area (Å²) >= 11 is 0. The number of nitrogens with zero attached hydrogens (tertiary/aromatic N) is 2. The first kappa shape index (κ1) is 36.2. The van der Waals surface area contributed by atoms with Gasteiger partial charge in [0.2, 0.25) is 5.91 Å². The fourth-order valence-corrected chi connectivity index (χ4v) is 14.8. The van der Waals surface area contributed by atoms with Crippen molar-refractivity contribution in [2.75, 3.05) is 39.8 Å². The smallest absolute Gasteiger partial charge is 0.226 e. The minimum atomic E-state index is -1.26. The van der Waals surface area contributed by atoms with Gasteiger partial charge in [-0.25, -0.2) is 0 Å². The van der Waals surface area contributed by atoms with Crippen molar-refractivity contribution < 1.29 is 34.3 Å². The summed E-state index contributed by atoms with van der Waals surface area (Å²) in [5, 5.41) is 34.2. The largest absolute Gasteiger partial charge is 0.390 e. The maximum Gasteiger partial charge on any atom is 0.226 e. The number of aliphatic hydroxyl groups is 3. The van der Waals surface area contributed by atoms with Crippen LogP contribution in [0, 0.1) is 56.7 Å². The van der Waals surface area contributed by atoms with Crippen LogP contribution in [0.25, 0.3) is 0 Å². The van der Waals surface area contributed by atoms with Gasteiger partial charge in [0.15, 0.2) is 6.29 Å². The number of carbonyl (C=O) groups is 1. The van der Waals surface area contributed by atoms with Crippen molar-refractivity contribution in [3.05, 3.63) is 0 Å². The average molecular weight is 701 g/mol. The van der Waals surface area contributed by atoms with E-state index >= 15 is 0 Å². The van der Waals surface area contributed by atoms with E-state index in [9.17, 15) is 20.1 Å². The van der Waals surface area contributed by atoms with E-state index in [1.54, 1.807) is 13.8 Å². The number of fused-ring (bicyclic) bond motifs is 4. The number of likely N-dealkylation sites (tertiary alicyclic amines) is 1. The predicted octanol–water partition coefficient (Wildman–Crippen LogP) is 4.84. The third-order valence-corrected chi connectivity index (χ3v) is 17.6. The lowest BCUT2D eigenvalue weighted by atomic mass is 9.41. The Kier molecular flexibility index (Phi) is 8.57. The van der Waals surface area contributed by atoms with Crippen LogP contribution in [-0.2, 0) is 19.0 Å². The van der Waals surface area contributed by atoms with Crippen LogP contribution in [0.5, 0.6) is 0 Å². The van der Waals surface area contributed by atoms with Gasteiger partial charge in [0.1, 0.15) is 6.10 Å². The van der Waals surface area contributed by atoms with Crippen LogP contribution in [0.3, 0.4) is 0 Å². The molecule has 8 unspecified atom stereocenters. The Bertz CT molecular complexity index is 1330. The van der Waals surface area contributed by atoms with Crippen molar-refractivity contribution in [1.82, 2.24) is 9.80 Å². The molecular weight excluding hydrogens is 632 g/mol. The average Bonchev–Trinajstić information content (AvgIpc) is 3.70. The molecule has 2 spiro atoms. The molecule has 8 fully saturated rings. The lowest BCUT2D eigenvalue weighted by molar-refractivity contribution is -0.248. The van der Waals surface area contributed by atoms with Crippen molar-refractivity contribution in [3.8, 4) is 0 Å². The maximum atomic E-state index is 13.5. The molecule has 0 radical (unpaired) electrons. The maximum absolute atomic E-state index is 13.5. The molecule has 0 aromatic heterocycles. The lowest BCUT2D eigenvalue weighted by Crippen LogP contribution is -2.60. The summed E-state index contributed by atoms with van der Waals surface area (Å²) in [5.41, 5.74) is -1.06. The Hall–Kier alpha value is -0.810. The number of hydrogen-bond acceptors (Lipinski definition) is 8. The summed E-state index contributed by atoms with van der Waals surface area (Å²) < 4.78 is 19.8. The highest BCUT2D eigenvalue weighted by Gasteiger charge is 2.84. The zero-order valence-corrected chi connectivity index (χ0v) is 32.3. The third-order valence-electron chi connectivity index (χ3n) is 17.6. The highest BCUT2D eigenvalue weighted by atomic mass is 16.7. The van der Waals surface area contributed by atoms with Crippen molar-refractivity contribution in [2.24, 2.45) is 56.7 Å².